The second-order valence-corrected chi connectivity index (χ2v) is 7.26. The molecule has 0 bridgehead atoms. The largest absolute Gasteiger partial charge is 0.0839 e. The van der Waals surface area contributed by atoms with E-state index >= 15 is 0 Å². The fraction of sp³-hybridized carbons (Fsp3) is 0.636. The van der Waals surface area contributed by atoms with Gasteiger partial charge in [-0.15, -0.1) is 0 Å². The van der Waals surface area contributed by atoms with Gasteiger partial charge >= 0.3 is 0 Å². The molecule has 0 nitrogen and oxygen atoms in total. The van der Waals surface area contributed by atoms with E-state index in [2.05, 4.69) is 50.3 Å². The Labute approximate surface area is 138 Å². The summed E-state index contributed by atoms with van der Waals surface area (Å²) in [5, 5.41) is 0. The molecule has 0 aliphatic heterocycles. The van der Waals surface area contributed by atoms with E-state index in [1.54, 1.807) is 11.1 Å². The van der Waals surface area contributed by atoms with Gasteiger partial charge in [0.2, 0.25) is 0 Å². The number of rotatable bonds is 0. The molecule has 4 aliphatic carbocycles. The van der Waals surface area contributed by atoms with Crippen LogP contribution < -0.4 is 0 Å². The maximum absolute atomic E-state index is 2.37. The predicted octanol–water partition coefficient (Wildman–Crippen LogP) is 6.86. The summed E-state index contributed by atoms with van der Waals surface area (Å²) >= 11 is 0. The zero-order chi connectivity index (χ0) is 15.9. The molecule has 122 valence electrons. The molecule has 3 unspecified atom stereocenters. The van der Waals surface area contributed by atoms with Crippen molar-refractivity contribution in [3.63, 3.8) is 0 Å². The van der Waals surface area contributed by atoms with Gasteiger partial charge in [-0.2, -0.15) is 0 Å². The summed E-state index contributed by atoms with van der Waals surface area (Å²) in [5.74, 6) is 3.62. The molecule has 0 N–H and O–H groups in total. The quantitative estimate of drug-likeness (QED) is 0.458. The third-order valence-corrected chi connectivity index (χ3v) is 5.28. The Bertz CT molecular complexity index is 440. The van der Waals surface area contributed by atoms with Crippen molar-refractivity contribution in [3.05, 3.63) is 47.6 Å². The molecule has 0 aromatic rings. The molecule has 0 heterocycles. The Kier molecular flexibility index (Phi) is 6.73. The Morgan fingerprint density at radius 1 is 0.864 bits per heavy atom. The zero-order valence-corrected chi connectivity index (χ0v) is 15.0. The number of fused-ring (bicyclic) bond motifs is 1. The van der Waals surface area contributed by atoms with Gasteiger partial charge in [0.25, 0.3) is 0 Å². The molecule has 1 fully saturated rings. The molecule has 3 atom stereocenters. The van der Waals surface area contributed by atoms with Crippen molar-refractivity contribution < 1.29 is 0 Å². The summed E-state index contributed by atoms with van der Waals surface area (Å²) in [7, 11) is 0. The summed E-state index contributed by atoms with van der Waals surface area (Å²) in [6, 6.07) is 0. The fourth-order valence-corrected chi connectivity index (χ4v) is 4.31. The molecule has 4 aliphatic rings. The van der Waals surface area contributed by atoms with E-state index in [4.69, 9.17) is 0 Å². The molecule has 0 heteroatoms. The highest BCUT2D eigenvalue weighted by Gasteiger charge is 2.28. The zero-order valence-electron chi connectivity index (χ0n) is 15.0. The van der Waals surface area contributed by atoms with E-state index < -0.39 is 0 Å². The summed E-state index contributed by atoms with van der Waals surface area (Å²) in [6.07, 6.45) is 21.9. The molecule has 0 saturated heterocycles. The summed E-state index contributed by atoms with van der Waals surface area (Å²) in [6.45, 7) is 8.71. The van der Waals surface area contributed by atoms with E-state index in [0.29, 0.717) is 0 Å². The highest BCUT2D eigenvalue weighted by atomic mass is 14.3. The van der Waals surface area contributed by atoms with Crippen molar-refractivity contribution in [2.75, 3.05) is 0 Å². The van der Waals surface area contributed by atoms with Gasteiger partial charge in [0, 0.05) is 0 Å². The van der Waals surface area contributed by atoms with Gasteiger partial charge in [-0.3, -0.25) is 0 Å². The third kappa shape index (κ3) is 4.48. The van der Waals surface area contributed by atoms with E-state index in [0.717, 1.165) is 23.7 Å². The van der Waals surface area contributed by atoms with E-state index in [9.17, 15) is 0 Å². The second-order valence-electron chi connectivity index (χ2n) is 7.26. The Morgan fingerprint density at radius 2 is 1.50 bits per heavy atom. The lowest BCUT2D eigenvalue weighted by molar-refractivity contribution is 0.552. The van der Waals surface area contributed by atoms with Crippen LogP contribution in [-0.4, -0.2) is 0 Å². The fourth-order valence-electron chi connectivity index (χ4n) is 4.31. The van der Waals surface area contributed by atoms with Gasteiger partial charge < -0.3 is 0 Å². The smallest absolute Gasteiger partial charge is 0.0165 e. The minimum atomic E-state index is 0.875. The lowest BCUT2D eigenvalue weighted by Gasteiger charge is -2.13. The second kappa shape index (κ2) is 8.56. The lowest BCUT2D eigenvalue weighted by atomic mass is 9.92. The monoisotopic (exact) mass is 298 g/mol. The minimum absolute atomic E-state index is 0.875. The molecule has 0 spiro atoms. The summed E-state index contributed by atoms with van der Waals surface area (Å²) in [5.41, 5.74) is 3.40. The maximum Gasteiger partial charge on any atom is -0.0165 e. The third-order valence-electron chi connectivity index (χ3n) is 5.28. The molecule has 0 radical (unpaired) electrons. The molecule has 0 amide bonds. The van der Waals surface area contributed by atoms with E-state index in [-0.39, 0.29) is 0 Å². The Morgan fingerprint density at radius 3 is 2.09 bits per heavy atom. The van der Waals surface area contributed by atoms with Crippen LogP contribution in [0.1, 0.15) is 66.2 Å². The van der Waals surface area contributed by atoms with E-state index in [1.807, 2.05) is 13.8 Å². The van der Waals surface area contributed by atoms with Gasteiger partial charge in [-0.1, -0.05) is 69.7 Å². The molecule has 22 heavy (non-hydrogen) atoms. The first-order valence-corrected chi connectivity index (χ1v) is 9.45. The van der Waals surface area contributed by atoms with Crippen LogP contribution in [0, 0.1) is 23.7 Å². The lowest BCUT2D eigenvalue weighted by Crippen LogP contribution is -2.03. The molecule has 0 aromatic carbocycles. The predicted molar refractivity (Wildman–Crippen MR) is 98.8 cm³/mol. The summed E-state index contributed by atoms with van der Waals surface area (Å²) < 4.78 is 0. The minimum Gasteiger partial charge on any atom is -0.0839 e. The average Bonchev–Trinajstić information content (AvgIpc) is 3.10. The van der Waals surface area contributed by atoms with Crippen LogP contribution in [0.2, 0.25) is 0 Å². The van der Waals surface area contributed by atoms with Crippen LogP contribution in [0.5, 0.6) is 0 Å². The SMILES string of the molecule is CC.CC1CC2=C(CCC=C2)C1.CC1CC2C=CC=CC2C1. The molecule has 1 saturated carbocycles. The Balaban J connectivity index is 0.000000144. The maximum atomic E-state index is 2.37. The van der Waals surface area contributed by atoms with Crippen LogP contribution in [-0.2, 0) is 0 Å². The van der Waals surface area contributed by atoms with Crippen LogP contribution >= 0.6 is 0 Å². The molecular weight excluding hydrogens is 264 g/mol. The van der Waals surface area contributed by atoms with Crippen molar-refractivity contribution in [1.82, 2.24) is 0 Å². The standard InChI is InChI=1S/2C10H14.C2H6/c2*1-8-6-9-4-2-3-5-10(9)7-8;1-2/h2,4,8H,3,5-7H2,1H3;2-5,8-10H,6-7H2,1H3;1-2H3. The van der Waals surface area contributed by atoms with Crippen LogP contribution in [0.4, 0.5) is 0 Å². The molecule has 4 rings (SSSR count). The summed E-state index contributed by atoms with van der Waals surface area (Å²) in [4.78, 5) is 0. The highest BCUT2D eigenvalue weighted by molar-refractivity contribution is 5.33. The van der Waals surface area contributed by atoms with Crippen LogP contribution in [0.15, 0.2) is 47.6 Å². The van der Waals surface area contributed by atoms with Gasteiger partial charge in [-0.25, -0.2) is 0 Å². The normalized spacial score (nSPS) is 34.4. The number of allylic oxidation sites excluding steroid dienone is 8. The number of hydrogen-bond donors (Lipinski definition) is 0. The first-order chi connectivity index (χ1) is 10.7. The van der Waals surface area contributed by atoms with Crippen LogP contribution in [0.25, 0.3) is 0 Å². The van der Waals surface area contributed by atoms with Gasteiger partial charge in [-0.05, 0) is 67.8 Å². The average molecular weight is 299 g/mol. The van der Waals surface area contributed by atoms with E-state index in [1.165, 1.54) is 38.5 Å². The Hall–Kier alpha value is -1.04. The van der Waals surface area contributed by atoms with Crippen molar-refractivity contribution in [3.8, 4) is 0 Å². The van der Waals surface area contributed by atoms with Crippen molar-refractivity contribution in [2.45, 2.75) is 66.2 Å². The topological polar surface area (TPSA) is 0 Å². The highest BCUT2D eigenvalue weighted by Crippen LogP contribution is 2.39. The van der Waals surface area contributed by atoms with Crippen LogP contribution in [0.3, 0.4) is 0 Å². The first kappa shape index (κ1) is 17.3. The molecular formula is C22H34. The van der Waals surface area contributed by atoms with Gasteiger partial charge in [0.1, 0.15) is 0 Å². The van der Waals surface area contributed by atoms with Crippen molar-refractivity contribution >= 4 is 0 Å². The van der Waals surface area contributed by atoms with Gasteiger partial charge in [0.15, 0.2) is 0 Å². The van der Waals surface area contributed by atoms with Crippen molar-refractivity contribution in [2.24, 2.45) is 23.7 Å². The van der Waals surface area contributed by atoms with Crippen molar-refractivity contribution in [1.29, 1.82) is 0 Å². The molecule has 0 aromatic heterocycles. The first-order valence-electron chi connectivity index (χ1n) is 9.45. The number of hydrogen-bond acceptors (Lipinski definition) is 0. The van der Waals surface area contributed by atoms with Gasteiger partial charge in [0.05, 0.1) is 0 Å².